The molecule has 2 fully saturated rings. The number of hydrogen-bond donors (Lipinski definition) is 1. The van der Waals surface area contributed by atoms with Gasteiger partial charge in [0.1, 0.15) is 6.61 Å². The van der Waals surface area contributed by atoms with Crippen molar-refractivity contribution in [1.82, 2.24) is 10.2 Å². The minimum Gasteiger partial charge on any atom is -0.371 e. The van der Waals surface area contributed by atoms with Gasteiger partial charge in [-0.15, -0.1) is 0 Å². The van der Waals surface area contributed by atoms with Crippen LogP contribution in [0.2, 0.25) is 0 Å². The molecule has 2 aliphatic rings. The van der Waals surface area contributed by atoms with E-state index in [2.05, 4.69) is 21.9 Å². The van der Waals surface area contributed by atoms with E-state index in [1.54, 1.807) is 0 Å². The van der Waals surface area contributed by atoms with Crippen molar-refractivity contribution in [3.05, 3.63) is 0 Å². The summed E-state index contributed by atoms with van der Waals surface area (Å²) in [4.78, 5) is 2.20. The highest BCUT2D eigenvalue weighted by Crippen LogP contribution is 2.40. The molecule has 1 heterocycles. The first kappa shape index (κ1) is 14.1. The predicted octanol–water partition coefficient (Wildman–Crippen LogP) is 1.64. The van der Waals surface area contributed by atoms with Gasteiger partial charge in [0.05, 0.1) is 6.61 Å². The van der Waals surface area contributed by atoms with Crippen LogP contribution < -0.4 is 5.32 Å². The van der Waals surface area contributed by atoms with Crippen molar-refractivity contribution >= 4 is 0 Å². The van der Waals surface area contributed by atoms with Crippen LogP contribution in [0.4, 0.5) is 13.2 Å². The van der Waals surface area contributed by atoms with Crippen molar-refractivity contribution < 1.29 is 17.9 Å². The molecular formula is C12H21F3N2O. The average Bonchev–Trinajstić information content (AvgIpc) is 3.07. The molecule has 0 aromatic rings. The molecule has 1 N–H and O–H groups in total. The SMILES string of the molecule is CC1(C2CC2)CN(CCOCC(F)(F)F)CCN1. The molecule has 1 saturated heterocycles. The molecule has 1 aliphatic carbocycles. The molecule has 0 bridgehead atoms. The van der Waals surface area contributed by atoms with E-state index < -0.39 is 12.8 Å². The van der Waals surface area contributed by atoms with E-state index in [4.69, 9.17) is 0 Å². The van der Waals surface area contributed by atoms with Crippen molar-refractivity contribution in [2.75, 3.05) is 39.4 Å². The number of halogens is 3. The Bertz CT molecular complexity index is 281. The van der Waals surface area contributed by atoms with E-state index in [0.717, 1.165) is 25.6 Å². The number of piperazine rings is 1. The maximum absolute atomic E-state index is 11.9. The standard InChI is InChI=1S/C12H21F3N2O/c1-11(10-2-3-10)8-17(5-4-16-11)6-7-18-9-12(13,14)15/h10,16H,2-9H2,1H3. The smallest absolute Gasteiger partial charge is 0.371 e. The molecular weight excluding hydrogens is 245 g/mol. The van der Waals surface area contributed by atoms with Gasteiger partial charge >= 0.3 is 6.18 Å². The molecule has 3 nitrogen and oxygen atoms in total. The van der Waals surface area contributed by atoms with Gasteiger partial charge in [-0.05, 0) is 25.7 Å². The number of alkyl halides is 3. The lowest BCUT2D eigenvalue weighted by molar-refractivity contribution is -0.174. The van der Waals surface area contributed by atoms with Crippen LogP contribution >= 0.6 is 0 Å². The fraction of sp³-hybridized carbons (Fsp3) is 1.00. The summed E-state index contributed by atoms with van der Waals surface area (Å²) in [6.45, 7) is 4.52. The van der Waals surface area contributed by atoms with Gasteiger partial charge in [0, 0.05) is 31.7 Å². The fourth-order valence-electron chi connectivity index (χ4n) is 2.67. The number of ether oxygens (including phenoxy) is 1. The normalized spacial score (nSPS) is 30.7. The third kappa shape index (κ3) is 4.10. The molecule has 6 heteroatoms. The second-order valence-electron chi connectivity index (χ2n) is 5.56. The van der Waals surface area contributed by atoms with E-state index in [1.165, 1.54) is 12.8 Å². The Hall–Kier alpha value is -0.330. The number of nitrogens with zero attached hydrogens (tertiary/aromatic N) is 1. The van der Waals surface area contributed by atoms with Crippen LogP contribution in [-0.2, 0) is 4.74 Å². The summed E-state index contributed by atoms with van der Waals surface area (Å²) in [5, 5.41) is 3.54. The summed E-state index contributed by atoms with van der Waals surface area (Å²) in [5.41, 5.74) is 0.141. The van der Waals surface area contributed by atoms with Crippen molar-refractivity contribution in [2.24, 2.45) is 5.92 Å². The van der Waals surface area contributed by atoms with Crippen LogP contribution in [0.15, 0.2) is 0 Å². The number of nitrogens with one attached hydrogen (secondary N) is 1. The maximum atomic E-state index is 11.9. The van der Waals surface area contributed by atoms with Crippen LogP contribution in [-0.4, -0.2) is 56.0 Å². The van der Waals surface area contributed by atoms with E-state index in [9.17, 15) is 13.2 Å². The summed E-state index contributed by atoms with van der Waals surface area (Å²) in [5.74, 6) is 0.733. The summed E-state index contributed by atoms with van der Waals surface area (Å²) in [6, 6.07) is 0. The molecule has 18 heavy (non-hydrogen) atoms. The van der Waals surface area contributed by atoms with Crippen LogP contribution in [0.5, 0.6) is 0 Å². The highest BCUT2D eigenvalue weighted by atomic mass is 19.4. The molecule has 0 amide bonds. The van der Waals surface area contributed by atoms with Crippen molar-refractivity contribution in [1.29, 1.82) is 0 Å². The van der Waals surface area contributed by atoms with E-state index in [0.29, 0.717) is 6.54 Å². The zero-order valence-electron chi connectivity index (χ0n) is 10.7. The molecule has 1 atom stereocenters. The lowest BCUT2D eigenvalue weighted by Crippen LogP contribution is -2.60. The Morgan fingerprint density at radius 3 is 2.72 bits per heavy atom. The molecule has 0 aromatic heterocycles. The fourth-order valence-corrected chi connectivity index (χ4v) is 2.67. The van der Waals surface area contributed by atoms with Gasteiger partial charge in [0.15, 0.2) is 0 Å². The van der Waals surface area contributed by atoms with E-state index >= 15 is 0 Å². The Balaban J connectivity index is 1.67. The summed E-state index contributed by atoms with van der Waals surface area (Å²) in [7, 11) is 0. The van der Waals surface area contributed by atoms with Crippen molar-refractivity contribution in [2.45, 2.75) is 31.5 Å². The quantitative estimate of drug-likeness (QED) is 0.766. The van der Waals surface area contributed by atoms with Crippen LogP contribution in [0.1, 0.15) is 19.8 Å². The number of rotatable bonds is 5. The van der Waals surface area contributed by atoms with E-state index in [1.807, 2.05) is 0 Å². The third-order valence-electron chi connectivity index (χ3n) is 3.80. The monoisotopic (exact) mass is 266 g/mol. The first-order valence-corrected chi connectivity index (χ1v) is 6.51. The second-order valence-corrected chi connectivity index (χ2v) is 5.56. The molecule has 1 saturated carbocycles. The minimum atomic E-state index is -4.22. The molecule has 2 rings (SSSR count). The Kier molecular flexibility index (Phi) is 4.18. The summed E-state index contributed by atoms with van der Waals surface area (Å²) >= 11 is 0. The first-order chi connectivity index (χ1) is 8.39. The molecule has 1 unspecified atom stereocenters. The third-order valence-corrected chi connectivity index (χ3v) is 3.80. The molecule has 106 valence electrons. The molecule has 1 aliphatic heterocycles. The highest BCUT2D eigenvalue weighted by Gasteiger charge is 2.43. The molecule has 0 radical (unpaired) electrons. The first-order valence-electron chi connectivity index (χ1n) is 6.51. The van der Waals surface area contributed by atoms with Gasteiger partial charge in [-0.25, -0.2) is 0 Å². The molecule has 0 spiro atoms. The second kappa shape index (κ2) is 5.35. The lowest BCUT2D eigenvalue weighted by atomic mass is 9.93. The number of hydrogen-bond acceptors (Lipinski definition) is 3. The van der Waals surface area contributed by atoms with Crippen LogP contribution in [0.25, 0.3) is 0 Å². The Morgan fingerprint density at radius 2 is 2.11 bits per heavy atom. The van der Waals surface area contributed by atoms with Crippen molar-refractivity contribution in [3.63, 3.8) is 0 Å². The van der Waals surface area contributed by atoms with Crippen molar-refractivity contribution in [3.8, 4) is 0 Å². The maximum Gasteiger partial charge on any atom is 0.411 e. The van der Waals surface area contributed by atoms with Crippen LogP contribution in [0, 0.1) is 5.92 Å². The minimum absolute atomic E-state index is 0.141. The Morgan fingerprint density at radius 1 is 1.39 bits per heavy atom. The zero-order valence-corrected chi connectivity index (χ0v) is 10.7. The van der Waals surface area contributed by atoms with Gasteiger partial charge in [-0.1, -0.05) is 0 Å². The van der Waals surface area contributed by atoms with E-state index in [-0.39, 0.29) is 12.1 Å². The van der Waals surface area contributed by atoms with Gasteiger partial charge in [0.25, 0.3) is 0 Å². The lowest BCUT2D eigenvalue weighted by Gasteiger charge is -2.42. The topological polar surface area (TPSA) is 24.5 Å². The van der Waals surface area contributed by atoms with Gasteiger partial charge in [-0.2, -0.15) is 13.2 Å². The van der Waals surface area contributed by atoms with Gasteiger partial charge in [0.2, 0.25) is 0 Å². The Labute approximate surface area is 106 Å². The average molecular weight is 266 g/mol. The zero-order chi connectivity index (χ0) is 13.2. The molecule has 0 aromatic carbocycles. The largest absolute Gasteiger partial charge is 0.411 e. The summed E-state index contributed by atoms with van der Waals surface area (Å²) < 4.78 is 40.4. The van der Waals surface area contributed by atoms with Gasteiger partial charge < -0.3 is 10.1 Å². The highest BCUT2D eigenvalue weighted by molar-refractivity contribution is 5.01. The van der Waals surface area contributed by atoms with Crippen LogP contribution in [0.3, 0.4) is 0 Å². The summed E-state index contributed by atoms with van der Waals surface area (Å²) in [6.07, 6.45) is -1.68. The van der Waals surface area contributed by atoms with Gasteiger partial charge in [-0.3, -0.25) is 4.90 Å². The predicted molar refractivity (Wildman–Crippen MR) is 62.4 cm³/mol.